The van der Waals surface area contributed by atoms with Crippen molar-refractivity contribution in [1.29, 1.82) is 0 Å². The van der Waals surface area contributed by atoms with Crippen molar-refractivity contribution in [1.82, 2.24) is 10.6 Å². The molecule has 0 heterocycles. The van der Waals surface area contributed by atoms with E-state index in [1.54, 1.807) is 0 Å². The van der Waals surface area contributed by atoms with Crippen LogP contribution in [-0.2, 0) is 4.79 Å². The lowest BCUT2D eigenvalue weighted by Gasteiger charge is -2.03. The molecule has 0 aliphatic carbocycles. The van der Waals surface area contributed by atoms with Gasteiger partial charge in [0.05, 0.1) is 0 Å². The topological polar surface area (TPSA) is 41.1 Å². The summed E-state index contributed by atoms with van der Waals surface area (Å²) in [6, 6.07) is 0. The van der Waals surface area contributed by atoms with Gasteiger partial charge in [-0.25, -0.2) is 0 Å². The first-order valence-corrected chi connectivity index (χ1v) is 4.66. The molecule has 0 saturated heterocycles. The molecule has 0 aromatic rings. The number of rotatable bonds is 7. The van der Waals surface area contributed by atoms with E-state index >= 15 is 0 Å². The number of nitrogens with one attached hydrogen (secondary N) is 2. The number of terminal acetylenes is 1. The highest BCUT2D eigenvalue weighted by atomic mass is 16.1. The summed E-state index contributed by atoms with van der Waals surface area (Å²) in [5.41, 5.74) is 0. The second-order valence-corrected chi connectivity index (χ2v) is 2.89. The van der Waals surface area contributed by atoms with Gasteiger partial charge >= 0.3 is 0 Å². The summed E-state index contributed by atoms with van der Waals surface area (Å²) in [7, 11) is 0. The molecule has 0 fully saturated rings. The Kier molecular flexibility index (Phi) is 8.38. The maximum atomic E-state index is 10.5. The van der Waals surface area contributed by atoms with Gasteiger partial charge in [-0.2, -0.15) is 0 Å². The predicted octanol–water partition coefficient (Wildman–Crippen LogP) is 0.516. The van der Waals surface area contributed by atoms with Gasteiger partial charge in [-0.3, -0.25) is 4.79 Å². The molecule has 0 spiro atoms. The molecule has 13 heavy (non-hydrogen) atoms. The lowest BCUT2D eigenvalue weighted by atomic mass is 10.2. The molecular weight excluding hydrogens is 164 g/mol. The summed E-state index contributed by atoms with van der Waals surface area (Å²) in [6.07, 6.45) is 8.14. The number of unbranched alkanes of at least 4 members (excludes halogenated alkanes) is 2. The normalized spacial score (nSPS) is 9.23. The average Bonchev–Trinajstić information content (AvgIpc) is 2.09. The van der Waals surface area contributed by atoms with Crippen LogP contribution in [0.1, 0.15) is 26.2 Å². The maximum absolute atomic E-state index is 10.5. The number of carbonyl (C=O) groups is 1. The van der Waals surface area contributed by atoms with Crippen molar-refractivity contribution >= 4 is 5.91 Å². The molecule has 0 rings (SSSR count). The van der Waals surface area contributed by atoms with Crippen LogP contribution in [0.2, 0.25) is 0 Å². The minimum atomic E-state index is 0.0223. The molecule has 0 radical (unpaired) electrons. The van der Waals surface area contributed by atoms with Gasteiger partial charge in [0.1, 0.15) is 0 Å². The van der Waals surface area contributed by atoms with Crippen molar-refractivity contribution in [2.24, 2.45) is 0 Å². The Morgan fingerprint density at radius 3 is 2.69 bits per heavy atom. The van der Waals surface area contributed by atoms with E-state index in [4.69, 9.17) is 6.42 Å². The van der Waals surface area contributed by atoms with E-state index in [1.807, 2.05) is 0 Å². The number of hydrogen-bond acceptors (Lipinski definition) is 2. The van der Waals surface area contributed by atoms with Crippen molar-refractivity contribution in [2.75, 3.05) is 19.6 Å². The Morgan fingerprint density at radius 2 is 2.08 bits per heavy atom. The zero-order chi connectivity index (χ0) is 9.94. The monoisotopic (exact) mass is 182 g/mol. The molecule has 2 N–H and O–H groups in total. The lowest BCUT2D eigenvalue weighted by Crippen LogP contribution is -2.30. The van der Waals surface area contributed by atoms with Crippen molar-refractivity contribution < 1.29 is 4.79 Å². The van der Waals surface area contributed by atoms with Gasteiger partial charge in [-0.05, 0) is 19.4 Å². The summed E-state index contributed by atoms with van der Waals surface area (Å²) in [5.74, 6) is 2.62. The van der Waals surface area contributed by atoms with Crippen molar-refractivity contribution in [3.63, 3.8) is 0 Å². The Balaban J connectivity index is 2.92. The van der Waals surface area contributed by atoms with Gasteiger partial charge in [0, 0.05) is 26.4 Å². The molecule has 0 bridgehead atoms. The third-order valence-electron chi connectivity index (χ3n) is 1.60. The Labute approximate surface area is 80.3 Å². The number of hydrogen-bond donors (Lipinski definition) is 2. The van der Waals surface area contributed by atoms with Gasteiger partial charge in [0.2, 0.25) is 5.91 Å². The third kappa shape index (κ3) is 11.0. The minimum absolute atomic E-state index is 0.0223. The highest BCUT2D eigenvalue weighted by Crippen LogP contribution is 1.90. The molecule has 74 valence electrons. The number of carbonyl (C=O) groups excluding carboxylic acids is 1. The first kappa shape index (κ1) is 12.0. The molecule has 0 aliphatic rings. The first-order chi connectivity index (χ1) is 6.27. The van der Waals surface area contributed by atoms with E-state index in [9.17, 15) is 4.79 Å². The molecule has 1 amide bonds. The standard InChI is InChI=1S/C10H18N2O/c1-3-4-5-6-7-11-8-9-12-10(2)13/h1,11H,4-9H2,2H3,(H,12,13). The summed E-state index contributed by atoms with van der Waals surface area (Å²) in [4.78, 5) is 10.5. The summed E-state index contributed by atoms with van der Waals surface area (Å²) >= 11 is 0. The molecule has 0 saturated carbocycles. The molecule has 3 heteroatoms. The largest absolute Gasteiger partial charge is 0.355 e. The average molecular weight is 182 g/mol. The smallest absolute Gasteiger partial charge is 0.216 e. The predicted molar refractivity (Wildman–Crippen MR) is 54.2 cm³/mol. The van der Waals surface area contributed by atoms with Crippen LogP contribution in [0.5, 0.6) is 0 Å². The first-order valence-electron chi connectivity index (χ1n) is 4.66. The van der Waals surface area contributed by atoms with Gasteiger partial charge in [-0.1, -0.05) is 0 Å². The van der Waals surface area contributed by atoms with Gasteiger partial charge in [0.25, 0.3) is 0 Å². The van der Waals surface area contributed by atoms with Crippen LogP contribution in [0, 0.1) is 12.3 Å². The summed E-state index contributed by atoms with van der Waals surface area (Å²) < 4.78 is 0. The van der Waals surface area contributed by atoms with Crippen molar-refractivity contribution in [3.8, 4) is 12.3 Å². The highest BCUT2D eigenvalue weighted by molar-refractivity contribution is 5.72. The number of amides is 1. The van der Waals surface area contributed by atoms with Crippen LogP contribution in [-0.4, -0.2) is 25.5 Å². The van der Waals surface area contributed by atoms with E-state index in [-0.39, 0.29) is 5.91 Å². The fourth-order valence-corrected chi connectivity index (χ4v) is 0.929. The molecule has 0 aromatic heterocycles. The zero-order valence-corrected chi connectivity index (χ0v) is 8.23. The van der Waals surface area contributed by atoms with E-state index in [0.717, 1.165) is 32.4 Å². The maximum Gasteiger partial charge on any atom is 0.216 e. The van der Waals surface area contributed by atoms with Crippen LogP contribution in [0.25, 0.3) is 0 Å². The van der Waals surface area contributed by atoms with E-state index in [0.29, 0.717) is 6.54 Å². The molecule has 0 aromatic carbocycles. The fourth-order valence-electron chi connectivity index (χ4n) is 0.929. The Bertz CT molecular complexity index is 172. The van der Waals surface area contributed by atoms with Gasteiger partial charge in [-0.15, -0.1) is 12.3 Å². The SMILES string of the molecule is C#CCCCCNCCNC(C)=O. The Hall–Kier alpha value is -1.01. The summed E-state index contributed by atoms with van der Waals surface area (Å²) in [5, 5.41) is 5.93. The molecular formula is C10H18N2O. The van der Waals surface area contributed by atoms with Crippen LogP contribution < -0.4 is 10.6 Å². The van der Waals surface area contributed by atoms with Gasteiger partial charge in [0.15, 0.2) is 0 Å². The van der Waals surface area contributed by atoms with Crippen molar-refractivity contribution in [3.05, 3.63) is 0 Å². The molecule has 0 atom stereocenters. The second kappa shape index (κ2) is 9.08. The molecule has 3 nitrogen and oxygen atoms in total. The van der Waals surface area contributed by atoms with Crippen LogP contribution in [0.15, 0.2) is 0 Å². The summed E-state index contributed by atoms with van der Waals surface area (Å²) in [6.45, 7) is 4.02. The van der Waals surface area contributed by atoms with Gasteiger partial charge < -0.3 is 10.6 Å². The lowest BCUT2D eigenvalue weighted by molar-refractivity contribution is -0.118. The third-order valence-corrected chi connectivity index (χ3v) is 1.60. The van der Waals surface area contributed by atoms with E-state index in [2.05, 4.69) is 16.6 Å². The molecule has 0 unspecified atom stereocenters. The fraction of sp³-hybridized carbons (Fsp3) is 0.700. The quantitative estimate of drug-likeness (QED) is 0.445. The van der Waals surface area contributed by atoms with E-state index < -0.39 is 0 Å². The van der Waals surface area contributed by atoms with Crippen LogP contribution >= 0.6 is 0 Å². The van der Waals surface area contributed by atoms with Crippen LogP contribution in [0.4, 0.5) is 0 Å². The van der Waals surface area contributed by atoms with Crippen LogP contribution in [0.3, 0.4) is 0 Å². The van der Waals surface area contributed by atoms with E-state index in [1.165, 1.54) is 6.92 Å². The molecule has 0 aliphatic heterocycles. The minimum Gasteiger partial charge on any atom is -0.355 e. The second-order valence-electron chi connectivity index (χ2n) is 2.89. The Morgan fingerprint density at radius 1 is 1.31 bits per heavy atom. The highest BCUT2D eigenvalue weighted by Gasteiger charge is 1.90. The zero-order valence-electron chi connectivity index (χ0n) is 8.23. The van der Waals surface area contributed by atoms with Crippen molar-refractivity contribution in [2.45, 2.75) is 26.2 Å².